The van der Waals surface area contributed by atoms with Crippen molar-refractivity contribution in [2.45, 2.75) is 18.9 Å². The molecule has 4 heteroatoms. The number of hydrogen-bond donors (Lipinski definition) is 2. The minimum absolute atomic E-state index is 0.0371. The van der Waals surface area contributed by atoms with Crippen LogP contribution in [0.4, 0.5) is 5.69 Å². The van der Waals surface area contributed by atoms with Crippen molar-refractivity contribution < 1.29 is 4.79 Å². The number of carbonyl (C=O) groups excluding carboxylic acids is 1. The quantitative estimate of drug-likeness (QED) is 0.749. The molecule has 1 aromatic rings. The highest BCUT2D eigenvalue weighted by Crippen LogP contribution is 2.20. The first-order chi connectivity index (χ1) is 6.81. The molecule has 1 aliphatic rings. The molecule has 4 nitrogen and oxygen atoms in total. The summed E-state index contributed by atoms with van der Waals surface area (Å²) in [6, 6.07) is 2.18. The second-order valence-electron chi connectivity index (χ2n) is 3.42. The molecule has 0 bridgehead atoms. The van der Waals surface area contributed by atoms with Gasteiger partial charge in [-0.3, -0.25) is 9.78 Å². The van der Waals surface area contributed by atoms with Crippen LogP contribution in [0.2, 0.25) is 0 Å². The van der Waals surface area contributed by atoms with Crippen molar-refractivity contribution in [3.8, 4) is 0 Å². The van der Waals surface area contributed by atoms with Crippen LogP contribution in [0, 0.1) is 0 Å². The summed E-state index contributed by atoms with van der Waals surface area (Å²) in [6.45, 7) is 0. The van der Waals surface area contributed by atoms with E-state index in [4.69, 9.17) is 0 Å². The molecule has 0 saturated heterocycles. The Morgan fingerprint density at radius 1 is 1.57 bits per heavy atom. The summed E-state index contributed by atoms with van der Waals surface area (Å²) in [4.78, 5) is 15.6. The van der Waals surface area contributed by atoms with Gasteiger partial charge in [0.1, 0.15) is 0 Å². The van der Waals surface area contributed by atoms with Crippen molar-refractivity contribution in [3.63, 3.8) is 0 Å². The summed E-state index contributed by atoms with van der Waals surface area (Å²) < 4.78 is 0. The smallest absolute Gasteiger partial charge is 0.255 e. The normalized spacial score (nSPS) is 14.9. The molecular formula is C10H13N3O. The molecule has 2 rings (SSSR count). The van der Waals surface area contributed by atoms with E-state index in [-0.39, 0.29) is 5.91 Å². The van der Waals surface area contributed by atoms with Crippen LogP contribution >= 0.6 is 0 Å². The standard InChI is InChI=1S/C10H13N3O/c1-11-9-4-5-12-6-8(9)10(14)13-7-2-3-7/h4-7H,2-3H2,1H3,(H,11,12)(H,13,14). The van der Waals surface area contributed by atoms with E-state index < -0.39 is 0 Å². The van der Waals surface area contributed by atoms with Gasteiger partial charge < -0.3 is 10.6 Å². The maximum absolute atomic E-state index is 11.7. The molecular weight excluding hydrogens is 178 g/mol. The van der Waals surface area contributed by atoms with Crippen molar-refractivity contribution in [2.75, 3.05) is 12.4 Å². The second-order valence-corrected chi connectivity index (χ2v) is 3.42. The largest absolute Gasteiger partial charge is 0.387 e. The Morgan fingerprint density at radius 3 is 3.00 bits per heavy atom. The zero-order valence-electron chi connectivity index (χ0n) is 8.08. The van der Waals surface area contributed by atoms with Crippen LogP contribution in [0.5, 0.6) is 0 Å². The monoisotopic (exact) mass is 191 g/mol. The Labute approximate surface area is 82.7 Å². The van der Waals surface area contributed by atoms with E-state index in [9.17, 15) is 4.79 Å². The van der Waals surface area contributed by atoms with Gasteiger partial charge in [-0.15, -0.1) is 0 Å². The number of amides is 1. The van der Waals surface area contributed by atoms with E-state index in [1.165, 1.54) is 0 Å². The third kappa shape index (κ3) is 1.84. The SMILES string of the molecule is CNc1ccncc1C(=O)NC1CC1. The number of nitrogens with one attached hydrogen (secondary N) is 2. The Balaban J connectivity index is 2.16. The molecule has 1 saturated carbocycles. The van der Waals surface area contributed by atoms with Crippen LogP contribution < -0.4 is 10.6 Å². The van der Waals surface area contributed by atoms with E-state index >= 15 is 0 Å². The van der Waals surface area contributed by atoms with Gasteiger partial charge in [-0.25, -0.2) is 0 Å². The molecule has 0 atom stereocenters. The molecule has 0 aliphatic heterocycles. The Bertz CT molecular complexity index is 347. The first-order valence-electron chi connectivity index (χ1n) is 4.74. The molecule has 0 radical (unpaired) electrons. The molecule has 1 aromatic heterocycles. The van der Waals surface area contributed by atoms with Crippen LogP contribution in [0.25, 0.3) is 0 Å². The van der Waals surface area contributed by atoms with Gasteiger partial charge in [0.25, 0.3) is 5.91 Å². The lowest BCUT2D eigenvalue weighted by Crippen LogP contribution is -2.26. The molecule has 0 unspecified atom stereocenters. The highest BCUT2D eigenvalue weighted by atomic mass is 16.1. The molecule has 0 spiro atoms. The molecule has 2 N–H and O–H groups in total. The van der Waals surface area contributed by atoms with Gasteiger partial charge in [0.15, 0.2) is 0 Å². The van der Waals surface area contributed by atoms with E-state index in [0.29, 0.717) is 11.6 Å². The minimum atomic E-state index is -0.0371. The van der Waals surface area contributed by atoms with Crippen molar-refractivity contribution in [1.29, 1.82) is 0 Å². The van der Waals surface area contributed by atoms with E-state index in [1.807, 2.05) is 0 Å². The number of hydrogen-bond acceptors (Lipinski definition) is 3. The first-order valence-corrected chi connectivity index (χ1v) is 4.74. The summed E-state index contributed by atoms with van der Waals surface area (Å²) >= 11 is 0. The van der Waals surface area contributed by atoms with Crippen LogP contribution in [0.3, 0.4) is 0 Å². The van der Waals surface area contributed by atoms with Gasteiger partial charge in [0, 0.05) is 31.2 Å². The molecule has 74 valence electrons. The molecule has 1 fully saturated rings. The van der Waals surface area contributed by atoms with Crippen LogP contribution in [-0.2, 0) is 0 Å². The van der Waals surface area contributed by atoms with E-state index in [1.54, 1.807) is 25.5 Å². The summed E-state index contributed by atoms with van der Waals surface area (Å²) in [5, 5.41) is 5.90. The van der Waals surface area contributed by atoms with Crippen molar-refractivity contribution >= 4 is 11.6 Å². The van der Waals surface area contributed by atoms with Crippen molar-refractivity contribution in [3.05, 3.63) is 24.0 Å². The number of pyridine rings is 1. The number of carbonyl (C=O) groups is 1. The average Bonchev–Trinajstić information content (AvgIpc) is 3.01. The zero-order valence-corrected chi connectivity index (χ0v) is 8.08. The molecule has 1 heterocycles. The molecule has 14 heavy (non-hydrogen) atoms. The third-order valence-corrected chi connectivity index (χ3v) is 2.25. The van der Waals surface area contributed by atoms with Gasteiger partial charge in [0.05, 0.1) is 5.56 Å². The maximum atomic E-state index is 11.7. The molecule has 0 aromatic carbocycles. The number of rotatable bonds is 3. The number of anilines is 1. The zero-order chi connectivity index (χ0) is 9.97. The van der Waals surface area contributed by atoms with Crippen LogP contribution in [0.1, 0.15) is 23.2 Å². The fourth-order valence-corrected chi connectivity index (χ4v) is 1.28. The topological polar surface area (TPSA) is 54.0 Å². The van der Waals surface area contributed by atoms with Crippen LogP contribution in [-0.4, -0.2) is 24.0 Å². The van der Waals surface area contributed by atoms with Crippen molar-refractivity contribution in [1.82, 2.24) is 10.3 Å². The average molecular weight is 191 g/mol. The first kappa shape index (κ1) is 8.99. The summed E-state index contributed by atoms with van der Waals surface area (Å²) in [5.41, 5.74) is 1.43. The highest BCUT2D eigenvalue weighted by molar-refractivity contribution is 5.99. The molecule has 1 aliphatic carbocycles. The molecule has 1 amide bonds. The minimum Gasteiger partial charge on any atom is -0.387 e. The van der Waals surface area contributed by atoms with E-state index in [2.05, 4.69) is 15.6 Å². The predicted molar refractivity (Wildman–Crippen MR) is 54.3 cm³/mol. The van der Waals surface area contributed by atoms with Gasteiger partial charge in [-0.05, 0) is 18.9 Å². The lowest BCUT2D eigenvalue weighted by molar-refractivity contribution is 0.0951. The van der Waals surface area contributed by atoms with Gasteiger partial charge in [-0.2, -0.15) is 0 Å². The van der Waals surface area contributed by atoms with Gasteiger partial charge >= 0.3 is 0 Å². The second kappa shape index (κ2) is 3.65. The Morgan fingerprint density at radius 2 is 2.36 bits per heavy atom. The van der Waals surface area contributed by atoms with Crippen molar-refractivity contribution in [2.24, 2.45) is 0 Å². The van der Waals surface area contributed by atoms with Gasteiger partial charge in [-0.1, -0.05) is 0 Å². The lowest BCUT2D eigenvalue weighted by atomic mass is 10.2. The predicted octanol–water partition coefficient (Wildman–Crippen LogP) is 1.02. The van der Waals surface area contributed by atoms with Crippen LogP contribution in [0.15, 0.2) is 18.5 Å². The van der Waals surface area contributed by atoms with E-state index in [0.717, 1.165) is 18.5 Å². The Kier molecular flexibility index (Phi) is 2.35. The summed E-state index contributed by atoms with van der Waals surface area (Å²) in [6.07, 6.45) is 5.45. The lowest BCUT2D eigenvalue weighted by Gasteiger charge is -2.07. The number of nitrogens with zero attached hydrogens (tertiary/aromatic N) is 1. The Hall–Kier alpha value is -1.58. The number of aromatic nitrogens is 1. The maximum Gasteiger partial charge on any atom is 0.255 e. The summed E-state index contributed by atoms with van der Waals surface area (Å²) in [7, 11) is 1.79. The fraction of sp³-hybridized carbons (Fsp3) is 0.400. The highest BCUT2D eigenvalue weighted by Gasteiger charge is 2.24. The third-order valence-electron chi connectivity index (χ3n) is 2.25. The van der Waals surface area contributed by atoms with Gasteiger partial charge in [0.2, 0.25) is 0 Å². The fourth-order valence-electron chi connectivity index (χ4n) is 1.28. The summed E-state index contributed by atoms with van der Waals surface area (Å²) in [5.74, 6) is -0.0371.